The van der Waals surface area contributed by atoms with Gasteiger partial charge in [0.15, 0.2) is 0 Å². The third-order valence-corrected chi connectivity index (χ3v) is 6.10. The summed E-state index contributed by atoms with van der Waals surface area (Å²) in [5.74, 6) is -0.767. The summed E-state index contributed by atoms with van der Waals surface area (Å²) in [6.07, 6.45) is -0.640. The van der Waals surface area contributed by atoms with E-state index in [1.165, 1.54) is 24.3 Å². The first-order chi connectivity index (χ1) is 18.4. The molecule has 9 nitrogen and oxygen atoms in total. The second-order valence-corrected chi connectivity index (χ2v) is 8.80. The molecule has 0 spiro atoms. The first-order valence-electron chi connectivity index (χ1n) is 12.4. The van der Waals surface area contributed by atoms with Gasteiger partial charge in [-0.1, -0.05) is 48.5 Å². The summed E-state index contributed by atoms with van der Waals surface area (Å²) in [4.78, 5) is 51.2. The van der Waals surface area contributed by atoms with Crippen molar-refractivity contribution in [1.29, 1.82) is 0 Å². The van der Waals surface area contributed by atoms with Crippen molar-refractivity contribution in [2.24, 2.45) is 5.92 Å². The van der Waals surface area contributed by atoms with Crippen LogP contribution in [0.2, 0.25) is 0 Å². The minimum atomic E-state index is -0.813. The molecular weight excluding hydrogens is 486 g/mol. The molecule has 0 radical (unpaired) electrons. The van der Waals surface area contributed by atoms with Crippen LogP contribution < -0.4 is 15.4 Å². The fraction of sp³-hybridized carbons (Fsp3) is 0.241. The standard InChI is InChI=1S/C29H29N3O6/c1-2-37-29(36)38-24-14-12-21(13-15-24)28(35)31-25-11-7-6-10-22(25)17-30-27(34)23-16-26(33)32(19-23)18-20-8-4-3-5-9-20/h3-15,23H,2,16-19H2,1H3,(H,30,34)(H,31,35). The lowest BCUT2D eigenvalue weighted by Gasteiger charge is -2.17. The quantitative estimate of drug-likeness (QED) is 0.327. The Morgan fingerprint density at radius 2 is 1.66 bits per heavy atom. The topological polar surface area (TPSA) is 114 Å². The number of hydrogen-bond donors (Lipinski definition) is 2. The van der Waals surface area contributed by atoms with Crippen molar-refractivity contribution in [3.8, 4) is 5.75 Å². The summed E-state index contributed by atoms with van der Waals surface area (Å²) in [5, 5.41) is 5.76. The van der Waals surface area contributed by atoms with Gasteiger partial charge in [-0.15, -0.1) is 0 Å². The molecule has 3 aromatic rings. The number of rotatable bonds is 9. The van der Waals surface area contributed by atoms with Crippen LogP contribution in [0, 0.1) is 5.92 Å². The van der Waals surface area contributed by atoms with Gasteiger partial charge >= 0.3 is 6.16 Å². The van der Waals surface area contributed by atoms with E-state index in [9.17, 15) is 19.2 Å². The van der Waals surface area contributed by atoms with Crippen LogP contribution in [0.4, 0.5) is 10.5 Å². The van der Waals surface area contributed by atoms with Crippen LogP contribution in [-0.2, 0) is 27.4 Å². The molecule has 9 heteroatoms. The molecule has 1 saturated heterocycles. The van der Waals surface area contributed by atoms with Crippen LogP contribution in [0.1, 0.15) is 34.8 Å². The number of ether oxygens (including phenoxy) is 2. The maximum atomic E-state index is 12.8. The SMILES string of the molecule is CCOC(=O)Oc1ccc(C(=O)Nc2ccccc2CNC(=O)C2CC(=O)N(Cc3ccccc3)C2)cc1. The third-order valence-electron chi connectivity index (χ3n) is 6.10. The van der Waals surface area contributed by atoms with E-state index in [2.05, 4.69) is 10.6 Å². The van der Waals surface area contributed by atoms with Gasteiger partial charge in [0.2, 0.25) is 11.8 Å². The highest BCUT2D eigenvalue weighted by atomic mass is 16.7. The summed E-state index contributed by atoms with van der Waals surface area (Å²) < 4.78 is 9.74. The van der Waals surface area contributed by atoms with Gasteiger partial charge in [0.25, 0.3) is 5.91 Å². The second-order valence-electron chi connectivity index (χ2n) is 8.80. The van der Waals surface area contributed by atoms with E-state index in [4.69, 9.17) is 9.47 Å². The first kappa shape index (κ1) is 26.4. The number of nitrogens with zero attached hydrogens (tertiary/aromatic N) is 1. The highest BCUT2D eigenvalue weighted by molar-refractivity contribution is 6.04. The van der Waals surface area contributed by atoms with E-state index in [0.29, 0.717) is 24.3 Å². The molecular formula is C29H29N3O6. The normalized spacial score (nSPS) is 14.6. The second kappa shape index (κ2) is 12.5. The van der Waals surface area contributed by atoms with Crippen molar-refractivity contribution in [2.75, 3.05) is 18.5 Å². The fourth-order valence-corrected chi connectivity index (χ4v) is 4.14. The van der Waals surface area contributed by atoms with Crippen LogP contribution in [0.5, 0.6) is 5.75 Å². The minimum Gasteiger partial charge on any atom is -0.434 e. The van der Waals surface area contributed by atoms with Crippen LogP contribution in [-0.4, -0.2) is 41.9 Å². The molecule has 1 aliphatic heterocycles. The molecule has 38 heavy (non-hydrogen) atoms. The molecule has 0 aliphatic carbocycles. The lowest BCUT2D eigenvalue weighted by Crippen LogP contribution is -2.32. The largest absolute Gasteiger partial charge is 0.513 e. The van der Waals surface area contributed by atoms with E-state index in [1.807, 2.05) is 42.5 Å². The molecule has 1 fully saturated rings. The highest BCUT2D eigenvalue weighted by Gasteiger charge is 2.34. The average Bonchev–Trinajstić information content (AvgIpc) is 3.29. The number of para-hydroxylation sites is 1. The summed E-state index contributed by atoms with van der Waals surface area (Å²) in [6.45, 7) is 2.92. The van der Waals surface area contributed by atoms with E-state index >= 15 is 0 Å². The smallest absolute Gasteiger partial charge is 0.434 e. The minimum absolute atomic E-state index is 0.0414. The predicted molar refractivity (Wildman–Crippen MR) is 140 cm³/mol. The number of carbonyl (C=O) groups is 4. The predicted octanol–water partition coefficient (Wildman–Crippen LogP) is 4.14. The Kier molecular flexibility index (Phi) is 8.71. The monoisotopic (exact) mass is 515 g/mol. The molecule has 2 N–H and O–H groups in total. The Balaban J connectivity index is 1.32. The molecule has 1 heterocycles. The zero-order chi connectivity index (χ0) is 26.9. The summed E-state index contributed by atoms with van der Waals surface area (Å²) in [7, 11) is 0. The number of hydrogen-bond acceptors (Lipinski definition) is 6. The molecule has 0 saturated carbocycles. The van der Waals surface area contributed by atoms with Crippen molar-refractivity contribution >= 4 is 29.6 Å². The van der Waals surface area contributed by atoms with E-state index < -0.39 is 12.1 Å². The summed E-state index contributed by atoms with van der Waals surface area (Å²) >= 11 is 0. The summed E-state index contributed by atoms with van der Waals surface area (Å²) in [5.41, 5.74) is 2.66. The zero-order valence-electron chi connectivity index (χ0n) is 21.0. The Hall–Kier alpha value is -4.66. The first-order valence-corrected chi connectivity index (χ1v) is 12.4. The Bertz CT molecular complexity index is 1290. The van der Waals surface area contributed by atoms with Crippen LogP contribution in [0.25, 0.3) is 0 Å². The van der Waals surface area contributed by atoms with Crippen molar-refractivity contribution in [3.05, 3.63) is 95.6 Å². The van der Waals surface area contributed by atoms with Crippen LogP contribution in [0.15, 0.2) is 78.9 Å². The number of anilines is 1. The number of nitrogens with one attached hydrogen (secondary N) is 2. The lowest BCUT2D eigenvalue weighted by atomic mass is 10.1. The molecule has 1 unspecified atom stereocenters. The fourth-order valence-electron chi connectivity index (χ4n) is 4.14. The molecule has 196 valence electrons. The van der Waals surface area contributed by atoms with Crippen LogP contribution >= 0.6 is 0 Å². The van der Waals surface area contributed by atoms with Crippen molar-refractivity contribution in [1.82, 2.24) is 10.2 Å². The zero-order valence-corrected chi connectivity index (χ0v) is 21.0. The van der Waals surface area contributed by atoms with E-state index in [1.54, 1.807) is 24.0 Å². The molecule has 3 aromatic carbocycles. The van der Waals surface area contributed by atoms with Gasteiger partial charge in [-0.25, -0.2) is 4.79 Å². The maximum Gasteiger partial charge on any atom is 0.513 e. The van der Waals surface area contributed by atoms with E-state index in [-0.39, 0.29) is 43.0 Å². The Morgan fingerprint density at radius 3 is 2.39 bits per heavy atom. The molecule has 4 rings (SSSR count). The number of likely N-dealkylation sites (tertiary alicyclic amines) is 1. The molecule has 1 atom stereocenters. The lowest BCUT2D eigenvalue weighted by molar-refractivity contribution is -0.129. The molecule has 3 amide bonds. The molecule has 0 bridgehead atoms. The molecule has 1 aliphatic rings. The molecule has 0 aromatic heterocycles. The summed E-state index contributed by atoms with van der Waals surface area (Å²) in [6, 6.07) is 22.9. The van der Waals surface area contributed by atoms with Gasteiger partial charge in [-0.3, -0.25) is 14.4 Å². The maximum absolute atomic E-state index is 12.8. The number of amides is 3. The van der Waals surface area contributed by atoms with Gasteiger partial charge in [-0.2, -0.15) is 0 Å². The van der Waals surface area contributed by atoms with Crippen molar-refractivity contribution in [3.63, 3.8) is 0 Å². The third kappa shape index (κ3) is 6.97. The number of carbonyl (C=O) groups excluding carboxylic acids is 4. The van der Waals surface area contributed by atoms with Gasteiger partial charge < -0.3 is 25.0 Å². The van der Waals surface area contributed by atoms with Crippen molar-refractivity contribution in [2.45, 2.75) is 26.4 Å². The van der Waals surface area contributed by atoms with Crippen LogP contribution in [0.3, 0.4) is 0 Å². The highest BCUT2D eigenvalue weighted by Crippen LogP contribution is 2.22. The van der Waals surface area contributed by atoms with Gasteiger partial charge in [0.1, 0.15) is 5.75 Å². The number of benzene rings is 3. The van der Waals surface area contributed by atoms with Gasteiger partial charge in [-0.05, 0) is 48.4 Å². The Morgan fingerprint density at radius 1 is 0.947 bits per heavy atom. The van der Waals surface area contributed by atoms with Gasteiger partial charge in [0, 0.05) is 37.3 Å². The van der Waals surface area contributed by atoms with Gasteiger partial charge in [0.05, 0.1) is 12.5 Å². The van der Waals surface area contributed by atoms with Crippen molar-refractivity contribution < 1.29 is 28.7 Å². The van der Waals surface area contributed by atoms with E-state index in [0.717, 1.165) is 11.1 Å². The average molecular weight is 516 g/mol. The Labute approximate surface area is 220 Å².